The van der Waals surface area contributed by atoms with E-state index in [0.717, 1.165) is 23.9 Å². The van der Waals surface area contributed by atoms with Gasteiger partial charge in [-0.05, 0) is 53.5 Å². The van der Waals surface area contributed by atoms with Gasteiger partial charge in [0.2, 0.25) is 11.8 Å². The normalized spacial score (nSPS) is 16.6. The Hall–Kier alpha value is -2.85. The van der Waals surface area contributed by atoms with E-state index in [1.165, 1.54) is 18.2 Å². The van der Waals surface area contributed by atoms with Gasteiger partial charge in [0.05, 0.1) is 10.8 Å². The molecular weight excluding hydrogens is 454 g/mol. The number of carbonyl (C=O) groups excluding carboxylic acids is 2. The van der Waals surface area contributed by atoms with Gasteiger partial charge in [-0.2, -0.15) is 0 Å². The van der Waals surface area contributed by atoms with Crippen molar-refractivity contribution in [2.75, 3.05) is 30.3 Å². The van der Waals surface area contributed by atoms with E-state index in [0.29, 0.717) is 24.6 Å². The van der Waals surface area contributed by atoms with Crippen molar-refractivity contribution >= 4 is 44.9 Å². The number of nitrogens with zero attached hydrogens (tertiary/aromatic N) is 3. The van der Waals surface area contributed by atoms with Crippen LogP contribution in [0.1, 0.15) is 19.3 Å². The lowest BCUT2D eigenvalue weighted by atomic mass is 9.97. The lowest BCUT2D eigenvalue weighted by Crippen LogP contribution is -2.41. The van der Waals surface area contributed by atoms with Crippen LogP contribution in [0.2, 0.25) is 0 Å². The van der Waals surface area contributed by atoms with Crippen LogP contribution in [0.5, 0.6) is 0 Å². The van der Waals surface area contributed by atoms with Gasteiger partial charge in [-0.1, -0.05) is 6.07 Å². The smallest absolute Gasteiger partial charge is 0.271 e. The van der Waals surface area contributed by atoms with Crippen LogP contribution in [0.4, 0.5) is 17.2 Å². The van der Waals surface area contributed by atoms with Crippen LogP contribution in [0.25, 0.3) is 0 Å². The Balaban J connectivity index is 1.47. The molecule has 1 fully saturated rings. The number of aromatic nitrogens is 1. The number of nitro groups is 1. The molecule has 0 radical (unpaired) electrons. The number of likely N-dealkylation sites (tertiary alicyclic amines) is 1. The number of non-ortho nitro benzene ring substituents is 1. The van der Waals surface area contributed by atoms with Gasteiger partial charge in [-0.3, -0.25) is 19.7 Å². The van der Waals surface area contributed by atoms with Gasteiger partial charge in [0.15, 0.2) is 0 Å². The number of amides is 2. The van der Waals surface area contributed by atoms with E-state index in [4.69, 9.17) is 0 Å². The van der Waals surface area contributed by atoms with E-state index in [9.17, 15) is 19.7 Å². The lowest BCUT2D eigenvalue weighted by Gasteiger charge is -2.31. The summed E-state index contributed by atoms with van der Waals surface area (Å²) in [6.07, 6.45) is 3.53. The molecule has 2 aromatic rings. The van der Waals surface area contributed by atoms with Gasteiger partial charge in [0, 0.05) is 48.0 Å². The molecule has 9 nitrogen and oxygen atoms in total. The van der Waals surface area contributed by atoms with Crippen LogP contribution in [0.3, 0.4) is 0 Å². The predicted octanol–water partition coefficient (Wildman–Crippen LogP) is 3.43. The number of pyridine rings is 1. The quantitative estimate of drug-likeness (QED) is 0.467. The zero-order valence-electron chi connectivity index (χ0n) is 16.2. The summed E-state index contributed by atoms with van der Waals surface area (Å²) in [4.78, 5) is 41.3. The van der Waals surface area contributed by atoms with Crippen molar-refractivity contribution in [3.63, 3.8) is 0 Å². The first-order chi connectivity index (χ1) is 14.4. The molecular formula is C20H22BrN5O4. The van der Waals surface area contributed by atoms with E-state index < -0.39 is 4.92 Å². The van der Waals surface area contributed by atoms with E-state index >= 15 is 0 Å². The summed E-state index contributed by atoms with van der Waals surface area (Å²) < 4.78 is 0.840. The number of benzene rings is 1. The van der Waals surface area contributed by atoms with Crippen molar-refractivity contribution in [1.82, 2.24) is 9.88 Å². The van der Waals surface area contributed by atoms with Gasteiger partial charge in [-0.25, -0.2) is 4.98 Å². The van der Waals surface area contributed by atoms with E-state index in [2.05, 4.69) is 36.4 Å². The fourth-order valence-electron chi connectivity index (χ4n) is 3.33. The van der Waals surface area contributed by atoms with Gasteiger partial charge < -0.3 is 15.5 Å². The van der Waals surface area contributed by atoms with Crippen molar-refractivity contribution in [2.24, 2.45) is 5.92 Å². The Morgan fingerprint density at radius 2 is 2.10 bits per heavy atom. The minimum Gasteiger partial charge on any atom is -0.326 e. The van der Waals surface area contributed by atoms with Gasteiger partial charge in [-0.15, -0.1) is 0 Å². The summed E-state index contributed by atoms with van der Waals surface area (Å²) in [5.74, 6) is 0.0531. The van der Waals surface area contributed by atoms with Gasteiger partial charge in [0.25, 0.3) is 5.69 Å². The number of nitro benzene ring substituents is 1. The molecule has 10 heteroatoms. The topological polar surface area (TPSA) is 117 Å². The standard InChI is InChI=1S/C20H22BrN5O4/c21-15-6-7-18(22-12-15)24-20(28)14-3-2-9-25(13-14)10-8-19(27)23-16-4-1-5-17(11-16)26(29)30/h1,4-7,11-12,14H,2-3,8-10,13H2,(H,23,27)(H,22,24,28). The molecule has 1 atom stereocenters. The highest BCUT2D eigenvalue weighted by atomic mass is 79.9. The number of anilines is 2. The summed E-state index contributed by atoms with van der Waals surface area (Å²) in [5, 5.41) is 16.4. The number of nitrogens with one attached hydrogen (secondary N) is 2. The summed E-state index contributed by atoms with van der Waals surface area (Å²) in [5.41, 5.74) is 0.324. The Kier molecular flexibility index (Phi) is 7.47. The predicted molar refractivity (Wildman–Crippen MR) is 116 cm³/mol. The molecule has 0 bridgehead atoms. The number of halogens is 1. The molecule has 3 rings (SSSR count). The van der Waals surface area contributed by atoms with Crippen molar-refractivity contribution in [2.45, 2.75) is 19.3 Å². The van der Waals surface area contributed by atoms with Crippen molar-refractivity contribution in [1.29, 1.82) is 0 Å². The first-order valence-electron chi connectivity index (χ1n) is 9.60. The third kappa shape index (κ3) is 6.33. The van der Waals surface area contributed by atoms with Crippen LogP contribution in [0.15, 0.2) is 47.1 Å². The molecule has 30 heavy (non-hydrogen) atoms. The van der Waals surface area contributed by atoms with Crippen LogP contribution >= 0.6 is 15.9 Å². The summed E-state index contributed by atoms with van der Waals surface area (Å²) >= 11 is 3.31. The second-order valence-corrected chi connectivity index (χ2v) is 8.01. The Labute approximate surface area is 182 Å². The van der Waals surface area contributed by atoms with E-state index in [1.54, 1.807) is 18.3 Å². The monoisotopic (exact) mass is 475 g/mol. The molecule has 0 saturated carbocycles. The fourth-order valence-corrected chi connectivity index (χ4v) is 3.57. The van der Waals surface area contributed by atoms with Crippen LogP contribution in [-0.4, -0.2) is 46.3 Å². The summed E-state index contributed by atoms with van der Waals surface area (Å²) in [7, 11) is 0. The molecule has 1 aromatic carbocycles. The van der Waals surface area contributed by atoms with Crippen LogP contribution < -0.4 is 10.6 Å². The number of rotatable bonds is 7. The SMILES string of the molecule is O=C(CCN1CCCC(C(=O)Nc2ccc(Br)cn2)C1)Nc1cccc([N+](=O)[O-])c1. The molecule has 1 aromatic heterocycles. The molecule has 0 spiro atoms. The van der Waals surface area contributed by atoms with Crippen molar-refractivity contribution < 1.29 is 14.5 Å². The molecule has 0 aliphatic carbocycles. The van der Waals surface area contributed by atoms with Crippen LogP contribution in [-0.2, 0) is 9.59 Å². The van der Waals surface area contributed by atoms with E-state index in [1.807, 2.05) is 6.07 Å². The van der Waals surface area contributed by atoms with Crippen LogP contribution in [0, 0.1) is 16.0 Å². The number of piperidine rings is 1. The maximum Gasteiger partial charge on any atom is 0.271 e. The second kappa shape index (κ2) is 10.3. The average molecular weight is 476 g/mol. The van der Waals surface area contributed by atoms with Crippen molar-refractivity contribution in [3.8, 4) is 0 Å². The second-order valence-electron chi connectivity index (χ2n) is 7.10. The Morgan fingerprint density at radius 1 is 1.27 bits per heavy atom. The zero-order chi connectivity index (χ0) is 21.5. The molecule has 2 heterocycles. The third-order valence-electron chi connectivity index (χ3n) is 4.85. The maximum absolute atomic E-state index is 12.5. The third-order valence-corrected chi connectivity index (χ3v) is 5.32. The molecule has 2 amide bonds. The molecule has 1 unspecified atom stereocenters. The molecule has 2 N–H and O–H groups in total. The zero-order valence-corrected chi connectivity index (χ0v) is 17.8. The maximum atomic E-state index is 12.5. The van der Waals surface area contributed by atoms with Gasteiger partial charge in [0.1, 0.15) is 5.82 Å². The summed E-state index contributed by atoms with van der Waals surface area (Å²) in [6, 6.07) is 9.40. The lowest BCUT2D eigenvalue weighted by molar-refractivity contribution is -0.384. The Morgan fingerprint density at radius 3 is 2.83 bits per heavy atom. The number of carbonyl (C=O) groups is 2. The van der Waals surface area contributed by atoms with Crippen molar-refractivity contribution in [3.05, 3.63) is 57.2 Å². The largest absolute Gasteiger partial charge is 0.326 e. The van der Waals surface area contributed by atoms with E-state index in [-0.39, 0.29) is 29.8 Å². The first kappa shape index (κ1) is 21.8. The number of hydrogen-bond acceptors (Lipinski definition) is 6. The molecule has 1 aliphatic heterocycles. The fraction of sp³-hybridized carbons (Fsp3) is 0.350. The summed E-state index contributed by atoms with van der Waals surface area (Å²) in [6.45, 7) is 1.91. The first-order valence-corrected chi connectivity index (χ1v) is 10.4. The number of hydrogen-bond donors (Lipinski definition) is 2. The minimum atomic E-state index is -0.502. The molecule has 1 aliphatic rings. The Bertz CT molecular complexity index is 922. The highest BCUT2D eigenvalue weighted by Crippen LogP contribution is 2.20. The molecule has 1 saturated heterocycles. The van der Waals surface area contributed by atoms with Gasteiger partial charge >= 0.3 is 0 Å². The highest BCUT2D eigenvalue weighted by molar-refractivity contribution is 9.10. The average Bonchev–Trinajstić information content (AvgIpc) is 2.74. The highest BCUT2D eigenvalue weighted by Gasteiger charge is 2.26. The minimum absolute atomic E-state index is 0.0713. The molecule has 158 valence electrons.